The summed E-state index contributed by atoms with van der Waals surface area (Å²) in [6, 6.07) is 7.17. The van der Waals surface area contributed by atoms with Crippen molar-refractivity contribution in [1.82, 2.24) is 0 Å². The van der Waals surface area contributed by atoms with E-state index < -0.39 is 15.6 Å². The van der Waals surface area contributed by atoms with Crippen LogP contribution in [-0.4, -0.2) is 25.7 Å². The quantitative estimate of drug-likeness (QED) is 0.815. The normalized spacial score (nSPS) is 12.4. The summed E-state index contributed by atoms with van der Waals surface area (Å²) >= 11 is 0. The van der Waals surface area contributed by atoms with E-state index in [0.29, 0.717) is 12.4 Å². The molecule has 0 radical (unpaired) electrons. The lowest BCUT2D eigenvalue weighted by Gasteiger charge is -2.36. The van der Waals surface area contributed by atoms with Crippen LogP contribution >= 0.6 is 0 Å². The fourth-order valence-corrected chi connectivity index (χ4v) is 2.27. The molecule has 0 aliphatic carbocycles. The van der Waals surface area contributed by atoms with Crippen molar-refractivity contribution < 1.29 is 19.1 Å². The summed E-state index contributed by atoms with van der Waals surface area (Å²) in [6.07, 6.45) is 0. The Balaban J connectivity index is 2.68. The molecule has 106 valence electrons. The largest absolute Gasteiger partial charge is 0.707 e. The second kappa shape index (κ2) is 6.09. The summed E-state index contributed by atoms with van der Waals surface area (Å²) < 4.78 is 10.9. The van der Waals surface area contributed by atoms with E-state index in [4.69, 9.17) is 19.1 Å². The minimum Gasteiger partial charge on any atom is -0.512 e. The Morgan fingerprint density at radius 3 is 2.37 bits per heavy atom. The van der Waals surface area contributed by atoms with Crippen molar-refractivity contribution in [2.45, 2.75) is 45.5 Å². The third-order valence-electron chi connectivity index (χ3n) is 3.55. The molecule has 0 atom stereocenters. The molecule has 2 N–H and O–H groups in total. The average molecular weight is 282 g/mol. The molecule has 1 aromatic carbocycles. The molecular weight excluding hydrogens is 259 g/mol. The van der Waals surface area contributed by atoms with Crippen molar-refractivity contribution in [3.63, 3.8) is 0 Å². The van der Waals surface area contributed by atoms with E-state index in [1.54, 1.807) is 12.1 Å². The average Bonchev–Trinajstić information content (AvgIpc) is 2.24. The Labute approximate surface area is 116 Å². The van der Waals surface area contributed by atoms with Crippen LogP contribution in [0.5, 0.6) is 5.75 Å². The predicted molar refractivity (Wildman–Crippen MR) is 79.2 cm³/mol. The topological polar surface area (TPSA) is 58.9 Å². The zero-order chi connectivity index (χ0) is 14.7. The molecule has 0 spiro atoms. The molecule has 0 aliphatic heterocycles. The Kier molecular flexibility index (Phi) is 5.20. The fraction of sp³-hybridized carbons (Fsp3) is 0.538. The molecule has 6 heteroatoms. The molecule has 0 amide bonds. The van der Waals surface area contributed by atoms with E-state index in [-0.39, 0.29) is 5.04 Å². The van der Waals surface area contributed by atoms with Gasteiger partial charge in [0.15, 0.2) is 8.32 Å². The van der Waals surface area contributed by atoms with Gasteiger partial charge in [-0.3, -0.25) is 0 Å². The van der Waals surface area contributed by atoms with E-state index >= 15 is 0 Å². The second-order valence-corrected chi connectivity index (χ2v) is 10.9. The highest BCUT2D eigenvalue weighted by Crippen LogP contribution is 2.37. The molecule has 0 saturated carbocycles. The van der Waals surface area contributed by atoms with E-state index in [9.17, 15) is 0 Å². The van der Waals surface area contributed by atoms with E-state index in [1.165, 1.54) is 0 Å². The summed E-state index contributed by atoms with van der Waals surface area (Å²) in [4.78, 5) is 0. The summed E-state index contributed by atoms with van der Waals surface area (Å²) in [6.45, 7) is 11.5. The maximum atomic E-state index is 8.77. The molecule has 4 nitrogen and oxygen atoms in total. The highest BCUT2D eigenvalue weighted by atomic mass is 28.4. The summed E-state index contributed by atoms with van der Waals surface area (Å²) in [5, 5.41) is 17.7. The molecule has 0 saturated heterocycles. The monoisotopic (exact) mass is 282 g/mol. The van der Waals surface area contributed by atoms with Gasteiger partial charge in [-0.05, 0) is 35.8 Å². The first-order valence-corrected chi connectivity index (χ1v) is 9.28. The summed E-state index contributed by atoms with van der Waals surface area (Å²) in [5.74, 6) is 0.423. The van der Waals surface area contributed by atoms with Crippen LogP contribution in [0.2, 0.25) is 18.1 Å². The molecule has 19 heavy (non-hydrogen) atoms. The minimum absolute atomic E-state index is 0.169. The Morgan fingerprint density at radius 2 is 1.84 bits per heavy atom. The van der Waals surface area contributed by atoms with Crippen LogP contribution in [0.3, 0.4) is 0 Å². The molecule has 0 heterocycles. The Morgan fingerprint density at radius 1 is 1.21 bits per heavy atom. The molecule has 0 aromatic heterocycles. The van der Waals surface area contributed by atoms with Crippen molar-refractivity contribution in [3.8, 4) is 5.75 Å². The lowest BCUT2D eigenvalue weighted by Crippen LogP contribution is -2.40. The first kappa shape index (κ1) is 16.2. The smallest absolute Gasteiger partial charge is 0.512 e. The van der Waals surface area contributed by atoms with Gasteiger partial charge in [0.05, 0.1) is 6.61 Å². The Hall–Kier alpha value is -0.818. The molecule has 0 unspecified atom stereocenters. The van der Waals surface area contributed by atoms with Gasteiger partial charge >= 0.3 is 7.32 Å². The number of hydrogen-bond acceptors (Lipinski definition) is 4. The lowest BCUT2D eigenvalue weighted by atomic mass is 10.2. The van der Waals surface area contributed by atoms with Gasteiger partial charge in [-0.15, -0.1) is 0 Å². The zero-order valence-electron chi connectivity index (χ0n) is 12.3. The van der Waals surface area contributed by atoms with Crippen LogP contribution in [0, 0.1) is 0 Å². The molecule has 0 aliphatic rings. The number of rotatable bonds is 5. The van der Waals surface area contributed by atoms with Crippen LogP contribution < -0.4 is 4.65 Å². The molecule has 1 aromatic rings. The van der Waals surface area contributed by atoms with E-state index in [2.05, 4.69) is 33.9 Å². The predicted octanol–water partition coefficient (Wildman–Crippen LogP) is 2.56. The van der Waals surface area contributed by atoms with Gasteiger partial charge in [0, 0.05) is 0 Å². The van der Waals surface area contributed by atoms with Crippen LogP contribution in [0.4, 0.5) is 0 Å². The SMILES string of the molecule is CC(C)(C)[Si](C)(C)OCc1cccc(OB(O)O)c1. The maximum Gasteiger partial charge on any atom is 0.707 e. The van der Waals surface area contributed by atoms with Gasteiger partial charge in [-0.25, -0.2) is 0 Å². The Bertz CT molecular complexity index is 415. The van der Waals surface area contributed by atoms with Crippen molar-refractivity contribution in [3.05, 3.63) is 29.8 Å². The highest BCUT2D eigenvalue weighted by Gasteiger charge is 2.37. The number of benzene rings is 1. The van der Waals surface area contributed by atoms with Crippen LogP contribution in [0.1, 0.15) is 26.3 Å². The van der Waals surface area contributed by atoms with Crippen molar-refractivity contribution >= 4 is 15.6 Å². The van der Waals surface area contributed by atoms with Gasteiger partial charge < -0.3 is 19.1 Å². The third-order valence-corrected chi connectivity index (χ3v) is 8.02. The highest BCUT2D eigenvalue weighted by molar-refractivity contribution is 6.74. The summed E-state index contributed by atoms with van der Waals surface area (Å²) in [5.41, 5.74) is 0.961. The van der Waals surface area contributed by atoms with Gasteiger partial charge in [-0.2, -0.15) is 0 Å². The minimum atomic E-state index is -1.79. The van der Waals surface area contributed by atoms with Crippen molar-refractivity contribution in [1.29, 1.82) is 0 Å². The lowest BCUT2D eigenvalue weighted by molar-refractivity contribution is 0.273. The first-order valence-electron chi connectivity index (χ1n) is 6.37. The third kappa shape index (κ3) is 4.99. The van der Waals surface area contributed by atoms with Crippen LogP contribution in [-0.2, 0) is 11.0 Å². The molecule has 0 bridgehead atoms. The van der Waals surface area contributed by atoms with Gasteiger partial charge in [0.2, 0.25) is 0 Å². The molecule has 1 rings (SSSR count). The van der Waals surface area contributed by atoms with Crippen molar-refractivity contribution in [2.24, 2.45) is 0 Å². The maximum absolute atomic E-state index is 8.77. The van der Waals surface area contributed by atoms with E-state index in [1.807, 2.05) is 12.1 Å². The molecule has 0 fully saturated rings. The first-order chi connectivity index (χ1) is 8.62. The zero-order valence-corrected chi connectivity index (χ0v) is 13.3. The van der Waals surface area contributed by atoms with Gasteiger partial charge in [-0.1, -0.05) is 32.9 Å². The van der Waals surface area contributed by atoms with Crippen molar-refractivity contribution in [2.75, 3.05) is 0 Å². The van der Waals surface area contributed by atoms with E-state index in [0.717, 1.165) is 5.56 Å². The standard InChI is InChI=1S/C13H23BO4Si/c1-13(2,3)19(4,5)17-10-11-7-6-8-12(9-11)18-14(15)16/h6-9,15-16H,10H2,1-5H3. The second-order valence-electron chi connectivity index (χ2n) is 6.14. The van der Waals surface area contributed by atoms with Gasteiger partial charge in [0.1, 0.15) is 5.75 Å². The van der Waals surface area contributed by atoms with Crippen LogP contribution in [0.15, 0.2) is 24.3 Å². The van der Waals surface area contributed by atoms with Crippen LogP contribution in [0.25, 0.3) is 0 Å². The summed E-state index contributed by atoms with van der Waals surface area (Å²) in [7, 11) is -3.57. The fourth-order valence-electron chi connectivity index (χ4n) is 1.31. The van der Waals surface area contributed by atoms with Gasteiger partial charge in [0.25, 0.3) is 0 Å². The molecular formula is C13H23BO4Si. The number of hydrogen-bond donors (Lipinski definition) is 2.